The maximum atomic E-state index is 14.3. The van der Waals surface area contributed by atoms with Crippen molar-refractivity contribution in [3.63, 3.8) is 0 Å². The lowest BCUT2D eigenvalue weighted by atomic mass is 9.47. The summed E-state index contributed by atoms with van der Waals surface area (Å²) in [5.41, 5.74) is -0.226. The van der Waals surface area contributed by atoms with Gasteiger partial charge in [0.1, 0.15) is 12.4 Å². The molecule has 4 fully saturated rings. The van der Waals surface area contributed by atoms with Gasteiger partial charge in [-0.2, -0.15) is 0 Å². The Morgan fingerprint density at radius 2 is 1.88 bits per heavy atom. The van der Waals surface area contributed by atoms with Crippen LogP contribution in [0.15, 0.2) is 29.6 Å². The zero-order valence-electron chi connectivity index (χ0n) is 19.3. The minimum atomic E-state index is -0.566. The molecule has 2 amide bonds. The molecule has 2 atom stereocenters. The number of ether oxygens (including phenoxy) is 1. The topological polar surface area (TPSA) is 88.6 Å². The van der Waals surface area contributed by atoms with Gasteiger partial charge in [0, 0.05) is 24.8 Å². The van der Waals surface area contributed by atoms with E-state index in [2.05, 4.69) is 10.3 Å². The number of esters is 1. The van der Waals surface area contributed by atoms with Crippen LogP contribution in [0.1, 0.15) is 58.1 Å². The van der Waals surface area contributed by atoms with E-state index in [0.29, 0.717) is 29.1 Å². The summed E-state index contributed by atoms with van der Waals surface area (Å²) in [6, 6.07) is 6.03. The number of carbonyl (C=O) groups excluding carboxylic acids is 3. The Labute approximate surface area is 201 Å². The average molecular weight is 486 g/mol. The van der Waals surface area contributed by atoms with E-state index in [4.69, 9.17) is 4.74 Å². The molecule has 0 aliphatic heterocycles. The minimum absolute atomic E-state index is 0.0113. The van der Waals surface area contributed by atoms with Crippen molar-refractivity contribution in [3.05, 3.63) is 41.2 Å². The van der Waals surface area contributed by atoms with Crippen molar-refractivity contribution in [3.8, 4) is 0 Å². The number of anilines is 2. The predicted molar refractivity (Wildman–Crippen MR) is 125 cm³/mol. The van der Waals surface area contributed by atoms with E-state index < -0.39 is 11.2 Å². The van der Waals surface area contributed by atoms with Crippen LogP contribution >= 0.6 is 11.3 Å². The number of hydrogen-bond donors (Lipinski definition) is 1. The van der Waals surface area contributed by atoms with Gasteiger partial charge in [0.15, 0.2) is 5.13 Å². The monoisotopic (exact) mass is 485 g/mol. The van der Waals surface area contributed by atoms with Gasteiger partial charge in [-0.1, -0.05) is 12.1 Å². The van der Waals surface area contributed by atoms with Crippen LogP contribution in [-0.2, 0) is 25.7 Å². The largest absolute Gasteiger partial charge is 0.459 e. The van der Waals surface area contributed by atoms with Gasteiger partial charge in [0.25, 0.3) is 0 Å². The van der Waals surface area contributed by atoms with Crippen molar-refractivity contribution in [1.29, 1.82) is 0 Å². The summed E-state index contributed by atoms with van der Waals surface area (Å²) in [6.45, 7) is 2.88. The summed E-state index contributed by atoms with van der Waals surface area (Å²) in [7, 11) is 0. The van der Waals surface area contributed by atoms with Crippen LogP contribution in [0.5, 0.6) is 0 Å². The molecule has 1 aromatic heterocycles. The van der Waals surface area contributed by atoms with Crippen LogP contribution < -0.4 is 10.2 Å². The summed E-state index contributed by atoms with van der Waals surface area (Å²) in [5, 5.41) is 5.20. The van der Waals surface area contributed by atoms with Crippen molar-refractivity contribution < 1.29 is 23.5 Å². The van der Waals surface area contributed by atoms with Crippen LogP contribution in [0.2, 0.25) is 0 Å². The summed E-state index contributed by atoms with van der Waals surface area (Å²) < 4.78 is 20.1. The SMILES string of the molecule is CC(=O)NC12CC3CC(C1)CC(C(=O)OCc1csc(N(C(C)=O)c4ccccc4F)n1)(C3)C2. The van der Waals surface area contributed by atoms with Gasteiger partial charge in [-0.3, -0.25) is 19.3 Å². The molecular formula is C25H28FN3O4S. The van der Waals surface area contributed by atoms with E-state index >= 15 is 0 Å². The Balaban J connectivity index is 1.30. The molecule has 2 aromatic rings. The molecule has 34 heavy (non-hydrogen) atoms. The van der Waals surface area contributed by atoms with Gasteiger partial charge >= 0.3 is 5.97 Å². The molecule has 1 heterocycles. The van der Waals surface area contributed by atoms with Gasteiger partial charge in [-0.25, -0.2) is 9.37 Å². The highest BCUT2D eigenvalue weighted by Gasteiger charge is 2.61. The maximum absolute atomic E-state index is 14.3. The van der Waals surface area contributed by atoms with Gasteiger partial charge in [-0.05, 0) is 62.5 Å². The van der Waals surface area contributed by atoms with Gasteiger partial charge in [0.05, 0.1) is 16.8 Å². The molecule has 180 valence electrons. The lowest BCUT2D eigenvalue weighted by molar-refractivity contribution is -0.177. The molecule has 4 aliphatic rings. The van der Waals surface area contributed by atoms with E-state index in [1.54, 1.807) is 17.5 Å². The second-order valence-electron chi connectivity index (χ2n) is 10.2. The molecule has 4 bridgehead atoms. The molecule has 9 heteroatoms. The Morgan fingerprint density at radius 1 is 1.18 bits per heavy atom. The third-order valence-corrected chi connectivity index (χ3v) is 8.30. The highest BCUT2D eigenvalue weighted by atomic mass is 32.1. The van der Waals surface area contributed by atoms with E-state index in [1.165, 1.54) is 42.2 Å². The fourth-order valence-corrected chi connectivity index (χ4v) is 7.68. The molecular weight excluding hydrogens is 457 g/mol. The van der Waals surface area contributed by atoms with Crippen molar-refractivity contribution in [1.82, 2.24) is 10.3 Å². The van der Waals surface area contributed by atoms with E-state index in [9.17, 15) is 18.8 Å². The van der Waals surface area contributed by atoms with Gasteiger partial charge < -0.3 is 10.1 Å². The summed E-state index contributed by atoms with van der Waals surface area (Å²) in [5.74, 6) is -0.308. The minimum Gasteiger partial charge on any atom is -0.459 e. The number of nitrogens with one attached hydrogen (secondary N) is 1. The molecule has 6 rings (SSSR count). The second-order valence-corrected chi connectivity index (χ2v) is 11.0. The van der Waals surface area contributed by atoms with Gasteiger partial charge in [-0.15, -0.1) is 11.3 Å². The van der Waals surface area contributed by atoms with Crippen LogP contribution in [0, 0.1) is 23.1 Å². The number of thiazole rings is 1. The summed E-state index contributed by atoms with van der Waals surface area (Å²) >= 11 is 1.20. The fourth-order valence-electron chi connectivity index (χ4n) is 6.82. The van der Waals surface area contributed by atoms with E-state index in [0.717, 1.165) is 32.1 Å². The van der Waals surface area contributed by atoms with Crippen LogP contribution in [0.4, 0.5) is 15.2 Å². The quantitative estimate of drug-likeness (QED) is 0.610. The Bertz CT molecular complexity index is 1130. The number of para-hydroxylation sites is 1. The van der Waals surface area contributed by atoms with E-state index in [-0.39, 0.29) is 35.6 Å². The molecule has 2 unspecified atom stereocenters. The first-order valence-corrected chi connectivity index (χ1v) is 12.5. The Hall–Kier alpha value is -2.81. The standard InChI is InChI=1S/C25H28FN3O4S/c1-15(30)28-25-10-17-7-18(11-25)9-24(8-17,14-25)22(32)33-12-19-13-34-23(27-19)29(16(2)31)21-6-4-3-5-20(21)26/h3-6,13,17-18H,7-12,14H2,1-2H3,(H,28,30). The molecule has 1 aromatic carbocycles. The number of halogens is 1. The van der Waals surface area contributed by atoms with Crippen LogP contribution in [0.3, 0.4) is 0 Å². The Morgan fingerprint density at radius 3 is 2.53 bits per heavy atom. The number of aromatic nitrogens is 1. The fraction of sp³-hybridized carbons (Fsp3) is 0.520. The molecule has 0 saturated heterocycles. The molecule has 0 spiro atoms. The third kappa shape index (κ3) is 4.10. The predicted octanol–water partition coefficient (Wildman–Crippen LogP) is 4.49. The number of hydrogen-bond acceptors (Lipinski definition) is 6. The smallest absolute Gasteiger partial charge is 0.312 e. The number of amides is 2. The number of nitrogens with zero attached hydrogens (tertiary/aromatic N) is 2. The lowest BCUT2D eigenvalue weighted by Crippen LogP contribution is -2.64. The second kappa shape index (κ2) is 8.45. The zero-order chi connectivity index (χ0) is 24.1. The zero-order valence-corrected chi connectivity index (χ0v) is 20.1. The van der Waals surface area contributed by atoms with Crippen molar-refractivity contribution >= 4 is 39.9 Å². The Kier molecular flexibility index (Phi) is 5.70. The van der Waals surface area contributed by atoms with E-state index in [1.807, 2.05) is 0 Å². The van der Waals surface area contributed by atoms with Crippen LogP contribution in [0.25, 0.3) is 0 Å². The molecule has 0 radical (unpaired) electrons. The lowest BCUT2D eigenvalue weighted by Gasteiger charge is -2.60. The maximum Gasteiger partial charge on any atom is 0.312 e. The van der Waals surface area contributed by atoms with Crippen LogP contribution in [-0.4, -0.2) is 28.3 Å². The van der Waals surface area contributed by atoms with Crippen molar-refractivity contribution in [2.75, 3.05) is 4.90 Å². The highest BCUT2D eigenvalue weighted by Crippen LogP contribution is 2.62. The first-order valence-electron chi connectivity index (χ1n) is 11.6. The van der Waals surface area contributed by atoms with Crippen molar-refractivity contribution in [2.45, 2.75) is 64.5 Å². The molecule has 7 nitrogen and oxygen atoms in total. The van der Waals surface area contributed by atoms with Gasteiger partial charge in [0.2, 0.25) is 11.8 Å². The first kappa shape index (κ1) is 23.0. The number of rotatable bonds is 6. The number of benzene rings is 1. The summed E-state index contributed by atoms with van der Waals surface area (Å²) in [4.78, 5) is 43.1. The molecule has 4 saturated carbocycles. The average Bonchev–Trinajstić information content (AvgIpc) is 3.20. The number of carbonyl (C=O) groups is 3. The highest BCUT2D eigenvalue weighted by molar-refractivity contribution is 7.14. The molecule has 1 N–H and O–H groups in total. The normalized spacial score (nSPS) is 29.0. The third-order valence-electron chi connectivity index (χ3n) is 7.43. The molecule has 4 aliphatic carbocycles. The van der Waals surface area contributed by atoms with Crippen molar-refractivity contribution in [2.24, 2.45) is 17.3 Å². The summed E-state index contributed by atoms with van der Waals surface area (Å²) in [6.07, 6.45) is 5.21. The first-order chi connectivity index (χ1) is 16.2.